The smallest absolute Gasteiger partial charge is 0.406 e. The second kappa shape index (κ2) is 5.20. The van der Waals surface area contributed by atoms with Crippen LogP contribution in [0.3, 0.4) is 0 Å². The first-order valence-corrected chi connectivity index (χ1v) is 5.43. The number of aldehydes is 1. The minimum Gasteiger partial charge on any atom is -0.406 e. The van der Waals surface area contributed by atoms with Crippen LogP contribution in [-0.2, 0) is 0 Å². The highest BCUT2D eigenvalue weighted by molar-refractivity contribution is 5.77. The summed E-state index contributed by atoms with van der Waals surface area (Å²) in [6, 6.07) is 6.15. The minimum absolute atomic E-state index is 0.188. The van der Waals surface area contributed by atoms with Crippen molar-refractivity contribution in [3.8, 4) is 16.9 Å². The van der Waals surface area contributed by atoms with Crippen LogP contribution < -0.4 is 10.3 Å². The minimum atomic E-state index is -4.77. The standard InChI is InChI=1S/C13H8F3NO3/c14-13(15,16)20-10-3-1-9(2-4-10)11-5-8(7-18)6-17-12(11)19/h1-7H,(H,17,19). The van der Waals surface area contributed by atoms with Crippen molar-refractivity contribution in [1.29, 1.82) is 0 Å². The Bertz CT molecular complexity index is 674. The molecule has 0 atom stereocenters. The lowest BCUT2D eigenvalue weighted by Crippen LogP contribution is -2.17. The molecule has 0 amide bonds. The summed E-state index contributed by atoms with van der Waals surface area (Å²) in [5.74, 6) is -0.385. The topological polar surface area (TPSA) is 59.2 Å². The van der Waals surface area contributed by atoms with E-state index in [-0.39, 0.29) is 16.9 Å². The molecule has 2 rings (SSSR count). The Labute approximate surface area is 110 Å². The molecule has 0 unspecified atom stereocenters. The van der Waals surface area contributed by atoms with Gasteiger partial charge in [0.15, 0.2) is 6.29 Å². The number of alkyl halides is 3. The molecule has 0 radical (unpaired) electrons. The third-order valence-electron chi connectivity index (χ3n) is 2.46. The summed E-state index contributed by atoms with van der Waals surface area (Å²) >= 11 is 0. The van der Waals surface area contributed by atoms with Crippen molar-refractivity contribution in [3.05, 3.63) is 52.4 Å². The van der Waals surface area contributed by atoms with Gasteiger partial charge in [-0.3, -0.25) is 9.59 Å². The van der Waals surface area contributed by atoms with Crippen LogP contribution in [-0.4, -0.2) is 17.6 Å². The first kappa shape index (κ1) is 13.9. The molecule has 1 aromatic carbocycles. The van der Waals surface area contributed by atoms with Crippen molar-refractivity contribution < 1.29 is 22.7 Å². The predicted octanol–water partition coefficient (Wildman–Crippen LogP) is 2.75. The number of benzene rings is 1. The Morgan fingerprint density at radius 1 is 1.15 bits per heavy atom. The molecule has 0 aliphatic heterocycles. The van der Waals surface area contributed by atoms with Gasteiger partial charge >= 0.3 is 6.36 Å². The molecule has 0 fully saturated rings. The molecule has 104 valence electrons. The number of rotatable bonds is 3. The van der Waals surface area contributed by atoms with Crippen LogP contribution in [0.15, 0.2) is 41.3 Å². The second-order valence-corrected chi connectivity index (χ2v) is 3.87. The molecule has 0 aliphatic carbocycles. The molecule has 2 aromatic rings. The first-order valence-electron chi connectivity index (χ1n) is 5.43. The zero-order chi connectivity index (χ0) is 14.8. The predicted molar refractivity (Wildman–Crippen MR) is 64.6 cm³/mol. The van der Waals surface area contributed by atoms with Crippen LogP contribution in [0.1, 0.15) is 10.4 Å². The van der Waals surface area contributed by atoms with Gasteiger partial charge in [0.1, 0.15) is 5.75 Å². The van der Waals surface area contributed by atoms with Crippen LogP contribution in [0.4, 0.5) is 13.2 Å². The van der Waals surface area contributed by atoms with Crippen molar-refractivity contribution in [2.45, 2.75) is 6.36 Å². The molecular weight excluding hydrogens is 275 g/mol. The maximum Gasteiger partial charge on any atom is 0.573 e. The number of carbonyl (C=O) groups is 1. The Morgan fingerprint density at radius 2 is 1.80 bits per heavy atom. The highest BCUT2D eigenvalue weighted by Gasteiger charge is 2.30. The number of halogens is 3. The summed E-state index contributed by atoms with van der Waals surface area (Å²) in [5, 5.41) is 0. The van der Waals surface area contributed by atoms with Gasteiger partial charge in [0.2, 0.25) is 0 Å². The van der Waals surface area contributed by atoms with Crippen molar-refractivity contribution in [2.75, 3.05) is 0 Å². The van der Waals surface area contributed by atoms with Gasteiger partial charge in [-0.1, -0.05) is 12.1 Å². The number of carbonyl (C=O) groups excluding carboxylic acids is 1. The van der Waals surface area contributed by atoms with E-state index in [0.717, 1.165) is 12.1 Å². The highest BCUT2D eigenvalue weighted by atomic mass is 19.4. The third kappa shape index (κ3) is 3.25. The van der Waals surface area contributed by atoms with Crippen LogP contribution >= 0.6 is 0 Å². The summed E-state index contributed by atoms with van der Waals surface area (Å²) in [4.78, 5) is 24.6. The van der Waals surface area contributed by atoms with E-state index in [2.05, 4.69) is 9.72 Å². The van der Waals surface area contributed by atoms with Gasteiger partial charge < -0.3 is 9.72 Å². The molecule has 1 heterocycles. The average Bonchev–Trinajstić information content (AvgIpc) is 2.39. The average molecular weight is 283 g/mol. The number of nitrogens with one attached hydrogen (secondary N) is 1. The van der Waals surface area contributed by atoms with Gasteiger partial charge in [-0.2, -0.15) is 0 Å². The lowest BCUT2D eigenvalue weighted by molar-refractivity contribution is -0.274. The highest BCUT2D eigenvalue weighted by Crippen LogP contribution is 2.25. The van der Waals surface area contributed by atoms with Gasteiger partial charge in [0, 0.05) is 17.3 Å². The van der Waals surface area contributed by atoms with E-state index >= 15 is 0 Å². The molecule has 0 aliphatic rings. The summed E-state index contributed by atoms with van der Waals surface area (Å²) in [6.45, 7) is 0. The zero-order valence-corrected chi connectivity index (χ0v) is 9.90. The Morgan fingerprint density at radius 3 is 2.35 bits per heavy atom. The van der Waals surface area contributed by atoms with E-state index in [9.17, 15) is 22.8 Å². The molecule has 1 aromatic heterocycles. The van der Waals surface area contributed by atoms with E-state index < -0.39 is 11.9 Å². The fraction of sp³-hybridized carbons (Fsp3) is 0.0769. The summed E-state index contributed by atoms with van der Waals surface area (Å²) in [6.07, 6.45) is -2.96. The number of ether oxygens (including phenoxy) is 1. The molecule has 20 heavy (non-hydrogen) atoms. The Hall–Kier alpha value is -2.57. The third-order valence-corrected chi connectivity index (χ3v) is 2.46. The summed E-state index contributed by atoms with van der Waals surface area (Å²) in [5.41, 5.74) is 0.382. The fourth-order valence-electron chi connectivity index (χ4n) is 1.62. The fourth-order valence-corrected chi connectivity index (χ4v) is 1.62. The number of hydrogen-bond donors (Lipinski definition) is 1. The van der Waals surface area contributed by atoms with Crippen molar-refractivity contribution in [1.82, 2.24) is 4.98 Å². The van der Waals surface area contributed by atoms with Gasteiger partial charge in [0.25, 0.3) is 5.56 Å². The normalized spacial score (nSPS) is 11.2. The molecular formula is C13H8F3NO3. The molecule has 0 saturated heterocycles. The lowest BCUT2D eigenvalue weighted by atomic mass is 10.1. The molecule has 0 saturated carbocycles. The van der Waals surface area contributed by atoms with Gasteiger partial charge in [-0.15, -0.1) is 13.2 Å². The van der Waals surface area contributed by atoms with E-state index in [4.69, 9.17) is 0 Å². The maximum absolute atomic E-state index is 12.0. The zero-order valence-electron chi connectivity index (χ0n) is 9.90. The number of aromatic nitrogens is 1. The van der Waals surface area contributed by atoms with Crippen LogP contribution in [0.5, 0.6) is 5.75 Å². The Balaban J connectivity index is 2.35. The maximum atomic E-state index is 12.0. The quantitative estimate of drug-likeness (QED) is 0.881. The largest absolute Gasteiger partial charge is 0.573 e. The monoisotopic (exact) mass is 283 g/mol. The van der Waals surface area contributed by atoms with E-state index in [1.54, 1.807) is 0 Å². The molecule has 7 heteroatoms. The molecule has 4 nitrogen and oxygen atoms in total. The van der Waals surface area contributed by atoms with E-state index in [0.29, 0.717) is 11.8 Å². The number of pyridine rings is 1. The van der Waals surface area contributed by atoms with Crippen LogP contribution in [0.25, 0.3) is 11.1 Å². The van der Waals surface area contributed by atoms with Gasteiger partial charge in [-0.05, 0) is 23.8 Å². The van der Waals surface area contributed by atoms with Crippen molar-refractivity contribution >= 4 is 6.29 Å². The number of aromatic amines is 1. The first-order chi connectivity index (χ1) is 9.39. The summed E-state index contributed by atoms with van der Waals surface area (Å²) in [7, 11) is 0. The SMILES string of the molecule is O=Cc1c[nH]c(=O)c(-c2ccc(OC(F)(F)F)cc2)c1. The van der Waals surface area contributed by atoms with Gasteiger partial charge in [0.05, 0.1) is 0 Å². The van der Waals surface area contributed by atoms with Crippen molar-refractivity contribution in [3.63, 3.8) is 0 Å². The van der Waals surface area contributed by atoms with E-state index in [1.807, 2.05) is 0 Å². The molecule has 0 spiro atoms. The van der Waals surface area contributed by atoms with Crippen LogP contribution in [0.2, 0.25) is 0 Å². The Kier molecular flexibility index (Phi) is 3.60. The molecule has 0 bridgehead atoms. The second-order valence-electron chi connectivity index (χ2n) is 3.87. The van der Waals surface area contributed by atoms with Gasteiger partial charge in [-0.25, -0.2) is 0 Å². The summed E-state index contributed by atoms with van der Waals surface area (Å²) < 4.78 is 39.8. The number of H-pyrrole nitrogens is 1. The van der Waals surface area contributed by atoms with E-state index in [1.165, 1.54) is 24.4 Å². The number of hydrogen-bond acceptors (Lipinski definition) is 3. The van der Waals surface area contributed by atoms with Crippen LogP contribution in [0, 0.1) is 0 Å². The molecule has 1 N–H and O–H groups in total. The van der Waals surface area contributed by atoms with Crippen molar-refractivity contribution in [2.24, 2.45) is 0 Å². The lowest BCUT2D eigenvalue weighted by Gasteiger charge is -2.09.